The van der Waals surface area contributed by atoms with Crippen molar-refractivity contribution in [1.29, 1.82) is 0 Å². The van der Waals surface area contributed by atoms with Crippen LogP contribution in [0.3, 0.4) is 0 Å². The highest BCUT2D eigenvalue weighted by Gasteiger charge is 2.28. The van der Waals surface area contributed by atoms with E-state index in [2.05, 4.69) is 16.0 Å². The molecule has 0 saturated carbocycles. The lowest BCUT2D eigenvalue weighted by Gasteiger charge is -2.22. The zero-order chi connectivity index (χ0) is 49.5. The van der Waals surface area contributed by atoms with Crippen molar-refractivity contribution in [2.24, 2.45) is 4.99 Å². The Kier molecular flexibility index (Phi) is 12.9. The fourth-order valence-corrected chi connectivity index (χ4v) is 9.82. The summed E-state index contributed by atoms with van der Waals surface area (Å²) in [6.07, 6.45) is -1.45. The molecule has 6 aromatic carbocycles. The summed E-state index contributed by atoms with van der Waals surface area (Å²) in [6, 6.07) is 32.4. The smallest absolute Gasteiger partial charge is 0.417 e. The second-order valence-electron chi connectivity index (χ2n) is 16.5. The first kappa shape index (κ1) is 47.7. The third-order valence-corrected chi connectivity index (χ3v) is 13.4. The maximum absolute atomic E-state index is 13.4. The Morgan fingerprint density at radius 2 is 1.07 bits per heavy atom. The minimum Gasteiger partial charge on any atom is -0.456 e. The van der Waals surface area contributed by atoms with Gasteiger partial charge in [0.25, 0.3) is 20.2 Å². The quantitative estimate of drug-likeness (QED) is 0.0638. The van der Waals surface area contributed by atoms with E-state index in [1.165, 1.54) is 24.3 Å². The molecule has 17 heteroatoms. The zero-order valence-corrected chi connectivity index (χ0v) is 40.0. The monoisotopic (exact) mass is 966 g/mol. The standard InChI is InChI=1S/C52H46N4O11S2/c1-28-24-38-42(26-40(28)53-47-29(2)22-31(4)49(33(47)6)55-51(57)65-35-16-10-8-11-17-35)67-43-27-41(45(69(62,63)64)25-39(43)46(38)37-20-14-15-21-44(37)68(59,60)61)54-48-30(3)23-32(5)50(34(48)7)56-52(58)66-36-18-12-9-13-19-36/h8-27,53H,1-7H3,(H,55,57)(H,56,58)(H,59,60,61)(H,62,63,64). The average Bonchev–Trinajstić information content (AvgIpc) is 3.28. The van der Waals surface area contributed by atoms with Crippen molar-refractivity contribution in [3.8, 4) is 33.9 Å². The van der Waals surface area contributed by atoms with Gasteiger partial charge in [0.05, 0.1) is 22.4 Å². The number of ether oxygens (including phenoxy) is 2. The van der Waals surface area contributed by atoms with Crippen LogP contribution in [0.2, 0.25) is 0 Å². The summed E-state index contributed by atoms with van der Waals surface area (Å²) < 4.78 is 91.5. The number of nitrogens with one attached hydrogen (secondary N) is 3. The average molecular weight is 967 g/mol. The van der Waals surface area contributed by atoms with Crippen molar-refractivity contribution in [3.05, 3.63) is 166 Å². The van der Waals surface area contributed by atoms with E-state index in [1.54, 1.807) is 99.6 Å². The van der Waals surface area contributed by atoms with Gasteiger partial charge < -0.3 is 19.2 Å². The number of para-hydroxylation sites is 2. The van der Waals surface area contributed by atoms with Crippen LogP contribution in [0, 0.1) is 48.5 Å². The zero-order valence-electron chi connectivity index (χ0n) is 38.4. The Bertz CT molecular complexity index is 3650. The Balaban J connectivity index is 1.32. The molecule has 1 aliphatic heterocycles. The van der Waals surface area contributed by atoms with Gasteiger partial charge in [-0.1, -0.05) is 66.7 Å². The van der Waals surface area contributed by atoms with Crippen molar-refractivity contribution in [3.63, 3.8) is 0 Å². The number of fused-ring (bicyclic) bond motifs is 2. The number of rotatable bonds is 10. The number of aryl methyl sites for hydroxylation is 5. The lowest BCUT2D eigenvalue weighted by Crippen LogP contribution is -2.19. The van der Waals surface area contributed by atoms with Crippen molar-refractivity contribution in [2.75, 3.05) is 16.0 Å². The Morgan fingerprint density at radius 3 is 1.65 bits per heavy atom. The summed E-state index contributed by atoms with van der Waals surface area (Å²) in [7, 11) is -9.92. The van der Waals surface area contributed by atoms with E-state index in [0.29, 0.717) is 67.5 Å². The van der Waals surface area contributed by atoms with Gasteiger partial charge in [0.15, 0.2) is 0 Å². The van der Waals surface area contributed by atoms with Crippen LogP contribution in [0.5, 0.6) is 11.5 Å². The molecule has 0 unspecified atom stereocenters. The molecule has 0 atom stereocenters. The molecule has 5 N–H and O–H groups in total. The van der Waals surface area contributed by atoms with Crippen LogP contribution >= 0.6 is 0 Å². The van der Waals surface area contributed by atoms with E-state index < -0.39 is 42.2 Å². The van der Waals surface area contributed by atoms with E-state index in [0.717, 1.165) is 17.2 Å². The highest BCUT2D eigenvalue weighted by atomic mass is 32.2. The Morgan fingerprint density at radius 1 is 0.551 bits per heavy atom. The Hall–Kier alpha value is -7.83. The lowest BCUT2D eigenvalue weighted by molar-refractivity contribution is 0.214. The van der Waals surface area contributed by atoms with E-state index in [1.807, 2.05) is 39.8 Å². The molecule has 0 bridgehead atoms. The molecule has 352 valence electrons. The van der Waals surface area contributed by atoms with Gasteiger partial charge in [0.1, 0.15) is 32.6 Å². The fraction of sp³-hybridized carbons (Fsp3) is 0.135. The van der Waals surface area contributed by atoms with Crippen LogP contribution in [0.4, 0.5) is 38.0 Å². The van der Waals surface area contributed by atoms with E-state index >= 15 is 0 Å². The molecular formula is C52H46N4O11S2. The SMILES string of the molecule is Cc1cc2c(-c3ccccc3S(=O)(=O)O)c3cc(S(=O)(=O)O)c(=Nc4c(C)cc(C)c(NC(=O)Oc5ccccc5)c4C)cc-3oc2cc1Nc1c(C)cc(C)c(NC(=O)Oc2ccccc2)c1C. The molecule has 2 aliphatic rings. The molecule has 0 aromatic heterocycles. The summed E-state index contributed by atoms with van der Waals surface area (Å²) in [5.74, 6) is 0.717. The van der Waals surface area contributed by atoms with Crippen molar-refractivity contribution in [2.45, 2.75) is 58.3 Å². The first-order valence-corrected chi connectivity index (χ1v) is 24.3. The van der Waals surface area contributed by atoms with Gasteiger partial charge >= 0.3 is 12.2 Å². The molecule has 69 heavy (non-hydrogen) atoms. The van der Waals surface area contributed by atoms with Crippen LogP contribution < -0.4 is 30.8 Å². The summed E-state index contributed by atoms with van der Waals surface area (Å²) in [5, 5.41) is 9.23. The van der Waals surface area contributed by atoms with E-state index in [9.17, 15) is 35.5 Å². The predicted molar refractivity (Wildman–Crippen MR) is 265 cm³/mol. The molecular weight excluding hydrogens is 921 g/mol. The third kappa shape index (κ3) is 9.93. The third-order valence-electron chi connectivity index (χ3n) is 11.6. The van der Waals surface area contributed by atoms with Crippen LogP contribution in [0.15, 0.2) is 141 Å². The van der Waals surface area contributed by atoms with Crippen molar-refractivity contribution >= 4 is 71.8 Å². The minimum atomic E-state index is -5.06. The molecule has 0 radical (unpaired) electrons. The van der Waals surface area contributed by atoms with Crippen molar-refractivity contribution < 1.29 is 49.4 Å². The summed E-state index contributed by atoms with van der Waals surface area (Å²) in [4.78, 5) is 29.8. The summed E-state index contributed by atoms with van der Waals surface area (Å²) in [6.45, 7) is 12.7. The molecule has 8 rings (SSSR count). The number of nitrogens with zero attached hydrogens (tertiary/aromatic N) is 1. The number of anilines is 4. The second kappa shape index (κ2) is 18.7. The number of amides is 2. The van der Waals surface area contributed by atoms with Gasteiger partial charge in [-0.2, -0.15) is 16.8 Å². The lowest BCUT2D eigenvalue weighted by atomic mass is 9.92. The van der Waals surface area contributed by atoms with Crippen LogP contribution in [0.25, 0.3) is 33.4 Å². The Labute approximate surface area is 398 Å². The van der Waals surface area contributed by atoms with Gasteiger partial charge in [-0.3, -0.25) is 19.7 Å². The summed E-state index contributed by atoms with van der Waals surface area (Å²) in [5.41, 5.74) is 7.55. The molecule has 15 nitrogen and oxygen atoms in total. The number of hydrogen-bond donors (Lipinski definition) is 5. The van der Waals surface area contributed by atoms with Crippen LogP contribution in [-0.4, -0.2) is 38.1 Å². The number of carbonyl (C=O) groups is 2. The van der Waals surface area contributed by atoms with Gasteiger partial charge in [-0.05, 0) is 130 Å². The van der Waals surface area contributed by atoms with E-state index in [-0.39, 0.29) is 39.1 Å². The second-order valence-corrected chi connectivity index (χ2v) is 19.3. The number of carbonyl (C=O) groups excluding carboxylic acids is 2. The number of hydrogen-bond acceptors (Lipinski definition) is 11. The molecule has 2 amide bonds. The fourth-order valence-electron chi connectivity index (χ4n) is 8.49. The topological polar surface area (TPSA) is 223 Å². The van der Waals surface area contributed by atoms with Gasteiger partial charge in [0, 0.05) is 45.6 Å². The van der Waals surface area contributed by atoms with Gasteiger partial charge in [0.2, 0.25) is 0 Å². The maximum atomic E-state index is 13.4. The largest absolute Gasteiger partial charge is 0.456 e. The maximum Gasteiger partial charge on any atom is 0.417 e. The van der Waals surface area contributed by atoms with Crippen LogP contribution in [0.1, 0.15) is 38.9 Å². The minimum absolute atomic E-state index is 0.0172. The molecule has 0 spiro atoms. The predicted octanol–water partition coefficient (Wildman–Crippen LogP) is 12.1. The molecule has 1 heterocycles. The molecule has 0 saturated heterocycles. The van der Waals surface area contributed by atoms with Crippen molar-refractivity contribution in [1.82, 2.24) is 0 Å². The molecule has 1 aliphatic carbocycles. The normalized spacial score (nSPS) is 12.0. The van der Waals surface area contributed by atoms with Gasteiger partial charge in [-0.15, -0.1) is 0 Å². The number of benzene rings is 7. The highest BCUT2D eigenvalue weighted by molar-refractivity contribution is 7.86. The summed E-state index contributed by atoms with van der Waals surface area (Å²) >= 11 is 0. The highest BCUT2D eigenvalue weighted by Crippen LogP contribution is 2.45. The molecule has 6 aromatic rings. The van der Waals surface area contributed by atoms with Gasteiger partial charge in [-0.25, -0.2) is 14.6 Å². The van der Waals surface area contributed by atoms with E-state index in [4.69, 9.17) is 18.9 Å². The first-order valence-electron chi connectivity index (χ1n) is 21.4. The first-order chi connectivity index (χ1) is 32.7. The molecule has 0 fully saturated rings. The van der Waals surface area contributed by atoms with Crippen LogP contribution in [-0.2, 0) is 20.2 Å².